The Morgan fingerprint density at radius 3 is 2.42 bits per heavy atom. The number of anilines is 1. The lowest BCUT2D eigenvalue weighted by atomic mass is 10.1. The van der Waals surface area contributed by atoms with Crippen molar-refractivity contribution >= 4 is 23.3 Å². The molecule has 0 spiro atoms. The Hall–Kier alpha value is -2.44. The molecule has 0 saturated heterocycles. The van der Waals surface area contributed by atoms with E-state index in [2.05, 4.69) is 10.1 Å². The summed E-state index contributed by atoms with van der Waals surface area (Å²) in [6, 6.07) is 2.90. The van der Waals surface area contributed by atoms with Gasteiger partial charge in [0.25, 0.3) is 11.6 Å². The molecule has 0 bridgehead atoms. The van der Waals surface area contributed by atoms with Gasteiger partial charge >= 0.3 is 5.97 Å². The summed E-state index contributed by atoms with van der Waals surface area (Å²) in [7, 11) is 0. The molecule has 0 aliphatic carbocycles. The van der Waals surface area contributed by atoms with Gasteiger partial charge in [0.15, 0.2) is 6.61 Å². The van der Waals surface area contributed by atoms with Crippen molar-refractivity contribution in [3.05, 3.63) is 33.4 Å². The number of aryl methyl sites for hydroxylation is 2. The summed E-state index contributed by atoms with van der Waals surface area (Å²) in [5, 5.41) is 13.3. The highest BCUT2D eigenvalue weighted by molar-refractivity contribution is 5.95. The van der Waals surface area contributed by atoms with Crippen LogP contribution >= 0.6 is 0 Å². The van der Waals surface area contributed by atoms with Crippen molar-refractivity contribution in [1.29, 1.82) is 0 Å². The minimum atomic E-state index is -0.624. The first-order chi connectivity index (χ1) is 8.81. The SMILES string of the molecule is CC(=O)OCC(=O)Nc1cc(C)c(C)cc1[N+](=O)[O-]. The van der Waals surface area contributed by atoms with Crippen LogP contribution in [0.25, 0.3) is 0 Å². The van der Waals surface area contributed by atoms with Gasteiger partial charge in [-0.3, -0.25) is 19.7 Å². The van der Waals surface area contributed by atoms with Gasteiger partial charge in [-0.1, -0.05) is 0 Å². The van der Waals surface area contributed by atoms with Crippen molar-refractivity contribution in [1.82, 2.24) is 0 Å². The number of hydrogen-bond donors (Lipinski definition) is 1. The molecule has 0 aliphatic heterocycles. The highest BCUT2D eigenvalue weighted by atomic mass is 16.6. The first-order valence-electron chi connectivity index (χ1n) is 5.50. The monoisotopic (exact) mass is 266 g/mol. The summed E-state index contributed by atoms with van der Waals surface area (Å²) in [6.45, 7) is 4.22. The standard InChI is InChI=1S/C12H14N2O5/c1-7-4-10(11(14(17)18)5-8(7)2)13-12(16)6-19-9(3)15/h4-5H,6H2,1-3H3,(H,13,16). The van der Waals surface area contributed by atoms with Crippen LogP contribution in [-0.2, 0) is 14.3 Å². The quantitative estimate of drug-likeness (QED) is 0.508. The number of hydrogen-bond acceptors (Lipinski definition) is 5. The Balaban J connectivity index is 2.93. The zero-order chi connectivity index (χ0) is 14.6. The van der Waals surface area contributed by atoms with Crippen LogP contribution in [0.15, 0.2) is 12.1 Å². The van der Waals surface area contributed by atoms with Crippen LogP contribution in [-0.4, -0.2) is 23.4 Å². The highest BCUT2D eigenvalue weighted by Gasteiger charge is 2.17. The molecule has 7 heteroatoms. The normalized spacial score (nSPS) is 9.84. The minimum Gasteiger partial charge on any atom is -0.456 e. The number of benzene rings is 1. The zero-order valence-electron chi connectivity index (χ0n) is 10.9. The second kappa shape index (κ2) is 5.94. The van der Waals surface area contributed by atoms with Crippen LogP contribution in [0.1, 0.15) is 18.1 Å². The maximum absolute atomic E-state index is 11.5. The molecule has 19 heavy (non-hydrogen) atoms. The summed E-state index contributed by atoms with van der Waals surface area (Å²) in [5.41, 5.74) is 1.46. The van der Waals surface area contributed by atoms with Gasteiger partial charge in [0.1, 0.15) is 5.69 Å². The van der Waals surface area contributed by atoms with Gasteiger partial charge < -0.3 is 10.1 Å². The third-order valence-electron chi connectivity index (χ3n) is 2.49. The van der Waals surface area contributed by atoms with Crippen LogP contribution in [0.2, 0.25) is 0 Å². The van der Waals surface area contributed by atoms with Crippen molar-refractivity contribution in [3.63, 3.8) is 0 Å². The summed E-state index contributed by atoms with van der Waals surface area (Å²) < 4.78 is 4.51. The molecule has 1 amide bonds. The van der Waals surface area contributed by atoms with Crippen molar-refractivity contribution in [2.45, 2.75) is 20.8 Å². The predicted octanol–water partition coefficient (Wildman–Crippen LogP) is 1.71. The predicted molar refractivity (Wildman–Crippen MR) is 67.8 cm³/mol. The molecular weight excluding hydrogens is 252 g/mol. The van der Waals surface area contributed by atoms with E-state index < -0.39 is 23.4 Å². The number of rotatable bonds is 4. The molecule has 102 valence electrons. The van der Waals surface area contributed by atoms with Gasteiger partial charge in [0.05, 0.1) is 4.92 Å². The van der Waals surface area contributed by atoms with Crippen LogP contribution in [0.4, 0.5) is 11.4 Å². The molecule has 0 heterocycles. The number of nitrogens with one attached hydrogen (secondary N) is 1. The largest absolute Gasteiger partial charge is 0.456 e. The Morgan fingerprint density at radius 2 is 1.89 bits per heavy atom. The fourth-order valence-corrected chi connectivity index (χ4v) is 1.41. The number of carbonyl (C=O) groups excluding carboxylic acids is 2. The lowest BCUT2D eigenvalue weighted by Crippen LogP contribution is -2.20. The fourth-order valence-electron chi connectivity index (χ4n) is 1.41. The summed E-state index contributed by atoms with van der Waals surface area (Å²) in [5.74, 6) is -1.22. The third kappa shape index (κ3) is 4.06. The molecule has 1 N–H and O–H groups in total. The summed E-state index contributed by atoms with van der Waals surface area (Å²) >= 11 is 0. The van der Waals surface area contributed by atoms with Gasteiger partial charge in [-0.2, -0.15) is 0 Å². The van der Waals surface area contributed by atoms with Gasteiger partial charge in [-0.05, 0) is 31.0 Å². The number of ether oxygens (including phenoxy) is 1. The third-order valence-corrected chi connectivity index (χ3v) is 2.49. The summed E-state index contributed by atoms with van der Waals surface area (Å²) in [4.78, 5) is 32.4. The van der Waals surface area contributed by atoms with Crippen LogP contribution < -0.4 is 5.32 Å². The number of nitrogens with zero attached hydrogens (tertiary/aromatic N) is 1. The molecule has 1 aromatic carbocycles. The molecule has 7 nitrogen and oxygen atoms in total. The van der Waals surface area contributed by atoms with Gasteiger partial charge in [0, 0.05) is 13.0 Å². The van der Waals surface area contributed by atoms with Crippen LogP contribution in [0, 0.1) is 24.0 Å². The zero-order valence-corrected chi connectivity index (χ0v) is 10.9. The van der Waals surface area contributed by atoms with E-state index in [1.807, 2.05) is 0 Å². The van der Waals surface area contributed by atoms with Crippen molar-refractivity contribution in [3.8, 4) is 0 Å². The Morgan fingerprint density at radius 1 is 1.32 bits per heavy atom. The topological polar surface area (TPSA) is 98.5 Å². The Labute approximate surface area is 109 Å². The number of carbonyl (C=O) groups is 2. The van der Waals surface area contributed by atoms with Gasteiger partial charge in [-0.15, -0.1) is 0 Å². The van der Waals surface area contributed by atoms with Gasteiger partial charge in [-0.25, -0.2) is 0 Å². The molecule has 0 aliphatic rings. The second-order valence-electron chi connectivity index (χ2n) is 4.04. The van der Waals surface area contributed by atoms with Crippen LogP contribution in [0.5, 0.6) is 0 Å². The Kier molecular flexibility index (Phi) is 4.57. The highest BCUT2D eigenvalue weighted by Crippen LogP contribution is 2.27. The molecular formula is C12H14N2O5. The summed E-state index contributed by atoms with van der Waals surface area (Å²) in [6.07, 6.45) is 0. The molecule has 0 aromatic heterocycles. The smallest absolute Gasteiger partial charge is 0.303 e. The van der Waals surface area contributed by atoms with Crippen molar-refractivity contribution in [2.24, 2.45) is 0 Å². The lowest BCUT2D eigenvalue weighted by Gasteiger charge is -2.08. The van der Waals surface area contributed by atoms with E-state index in [0.29, 0.717) is 0 Å². The fraction of sp³-hybridized carbons (Fsp3) is 0.333. The first kappa shape index (κ1) is 14.6. The van der Waals surface area contributed by atoms with Gasteiger partial charge in [0.2, 0.25) is 0 Å². The molecule has 0 radical (unpaired) electrons. The molecule has 0 unspecified atom stereocenters. The van der Waals surface area contributed by atoms with E-state index in [1.54, 1.807) is 13.8 Å². The second-order valence-corrected chi connectivity index (χ2v) is 4.04. The average molecular weight is 266 g/mol. The van der Waals surface area contributed by atoms with Crippen molar-refractivity contribution in [2.75, 3.05) is 11.9 Å². The Bertz CT molecular complexity index is 539. The number of nitro benzene ring substituents is 1. The molecule has 0 fully saturated rings. The number of nitro groups is 1. The van der Waals surface area contributed by atoms with Crippen molar-refractivity contribution < 1.29 is 19.2 Å². The van der Waals surface area contributed by atoms with E-state index >= 15 is 0 Å². The first-order valence-corrected chi connectivity index (χ1v) is 5.50. The number of amides is 1. The maximum Gasteiger partial charge on any atom is 0.303 e. The van der Waals surface area contributed by atoms with E-state index in [0.717, 1.165) is 11.1 Å². The van der Waals surface area contributed by atoms with E-state index in [4.69, 9.17) is 0 Å². The number of esters is 1. The van der Waals surface area contributed by atoms with E-state index in [-0.39, 0.29) is 11.4 Å². The molecule has 1 aromatic rings. The molecule has 0 atom stereocenters. The molecule has 0 saturated carbocycles. The van der Waals surface area contributed by atoms with E-state index in [1.165, 1.54) is 19.1 Å². The lowest BCUT2D eigenvalue weighted by molar-refractivity contribution is -0.384. The average Bonchev–Trinajstić information content (AvgIpc) is 2.30. The maximum atomic E-state index is 11.5. The molecule has 1 rings (SSSR count). The van der Waals surface area contributed by atoms with E-state index in [9.17, 15) is 19.7 Å². The van der Waals surface area contributed by atoms with Crippen LogP contribution in [0.3, 0.4) is 0 Å². The minimum absolute atomic E-state index is 0.0882.